The van der Waals surface area contributed by atoms with Crippen molar-refractivity contribution in [1.29, 1.82) is 0 Å². The summed E-state index contributed by atoms with van der Waals surface area (Å²) in [6.45, 7) is 4.94. The van der Waals surface area contributed by atoms with E-state index in [1.807, 2.05) is 6.07 Å². The fourth-order valence-electron chi connectivity index (χ4n) is 5.83. The number of hydrogen-bond acceptors (Lipinski definition) is 9. The van der Waals surface area contributed by atoms with Crippen molar-refractivity contribution >= 4 is 11.9 Å². The van der Waals surface area contributed by atoms with Crippen molar-refractivity contribution in [3.63, 3.8) is 0 Å². The number of rotatable bonds is 6. The molecule has 3 fully saturated rings. The molecule has 0 bridgehead atoms. The number of aliphatic hydroxyl groups is 1. The Hall–Kier alpha value is -3.18. The summed E-state index contributed by atoms with van der Waals surface area (Å²) >= 11 is 0. The standard InChI is InChI=1S/C22H25N7O4/c1-12-17(10-33-22(12)32)28-5-4-14(21(28)31)20-15-7-27(8-16(15)20)9-18(30)13-2-3-19(23-6-13)29-11-24-25-26-29/h2-3,6,11,14-16,18,20,30H,4-5,7-10H2,1H3/t14?,15?,16?,18-,20?/m0/s1. The molecule has 0 aromatic carbocycles. The number of nitrogens with zero attached hydrogens (tertiary/aromatic N) is 7. The summed E-state index contributed by atoms with van der Waals surface area (Å²) in [6, 6.07) is 3.62. The molecule has 11 nitrogen and oxygen atoms in total. The predicted molar refractivity (Wildman–Crippen MR) is 112 cm³/mol. The molecule has 2 saturated heterocycles. The number of carbonyl (C=O) groups is 2. The summed E-state index contributed by atoms with van der Waals surface area (Å²) in [6.07, 6.45) is 3.33. The number of piperidine rings is 1. The predicted octanol–water partition coefficient (Wildman–Crippen LogP) is -0.0522. The Bertz CT molecular complexity index is 1100. The van der Waals surface area contributed by atoms with E-state index < -0.39 is 6.10 Å². The largest absolute Gasteiger partial charge is 0.456 e. The molecule has 0 spiro atoms. The van der Waals surface area contributed by atoms with Crippen LogP contribution in [0, 0.1) is 23.7 Å². The number of esters is 1. The Morgan fingerprint density at radius 1 is 1.24 bits per heavy atom. The average Bonchev–Trinajstić information content (AvgIpc) is 3.38. The minimum atomic E-state index is -0.630. The molecule has 1 amide bonds. The minimum absolute atomic E-state index is 0.0334. The lowest BCUT2D eigenvalue weighted by molar-refractivity contribution is -0.136. The lowest BCUT2D eigenvalue weighted by Gasteiger charge is -2.24. The van der Waals surface area contributed by atoms with Crippen LogP contribution < -0.4 is 0 Å². The van der Waals surface area contributed by atoms with Gasteiger partial charge in [-0.15, -0.1) is 5.10 Å². The number of fused-ring (bicyclic) bond motifs is 1. The summed E-state index contributed by atoms with van der Waals surface area (Å²) < 4.78 is 6.55. The second-order valence-corrected chi connectivity index (χ2v) is 9.38. The van der Waals surface area contributed by atoms with Crippen LogP contribution in [0.1, 0.15) is 25.0 Å². The zero-order valence-corrected chi connectivity index (χ0v) is 18.2. The van der Waals surface area contributed by atoms with E-state index in [9.17, 15) is 14.7 Å². The van der Waals surface area contributed by atoms with E-state index in [-0.39, 0.29) is 24.4 Å². The van der Waals surface area contributed by atoms with Gasteiger partial charge in [0.1, 0.15) is 12.9 Å². The van der Waals surface area contributed by atoms with E-state index in [0.717, 1.165) is 30.8 Å². The highest BCUT2D eigenvalue weighted by atomic mass is 16.5. The van der Waals surface area contributed by atoms with Crippen molar-refractivity contribution in [3.05, 3.63) is 41.5 Å². The zero-order chi connectivity index (χ0) is 22.7. The van der Waals surface area contributed by atoms with Crippen LogP contribution >= 0.6 is 0 Å². The molecule has 3 unspecified atom stereocenters. The van der Waals surface area contributed by atoms with Crippen LogP contribution in [0.25, 0.3) is 5.82 Å². The number of likely N-dealkylation sites (tertiary alicyclic amines) is 2. The van der Waals surface area contributed by atoms with Crippen molar-refractivity contribution in [2.24, 2.45) is 23.7 Å². The Morgan fingerprint density at radius 2 is 2.06 bits per heavy atom. The van der Waals surface area contributed by atoms with Gasteiger partial charge in [-0.1, -0.05) is 6.07 Å². The second-order valence-electron chi connectivity index (χ2n) is 9.38. The third-order valence-electron chi connectivity index (χ3n) is 7.62. The topological polar surface area (TPSA) is 127 Å². The van der Waals surface area contributed by atoms with Crippen molar-refractivity contribution in [3.8, 4) is 5.82 Å². The highest BCUT2D eigenvalue weighted by Crippen LogP contribution is 2.58. The summed E-state index contributed by atoms with van der Waals surface area (Å²) in [4.78, 5) is 33.1. The van der Waals surface area contributed by atoms with E-state index in [1.54, 1.807) is 24.1 Å². The van der Waals surface area contributed by atoms with Gasteiger partial charge in [-0.2, -0.15) is 4.68 Å². The quantitative estimate of drug-likeness (QED) is 0.601. The van der Waals surface area contributed by atoms with E-state index in [4.69, 9.17) is 4.74 Å². The van der Waals surface area contributed by atoms with Crippen LogP contribution in [0.4, 0.5) is 0 Å². The van der Waals surface area contributed by atoms with Crippen LogP contribution in [0.15, 0.2) is 35.9 Å². The lowest BCUT2D eigenvalue weighted by atomic mass is 9.98. The minimum Gasteiger partial charge on any atom is -0.456 e. The maximum absolute atomic E-state index is 13.1. The van der Waals surface area contributed by atoms with Gasteiger partial charge < -0.3 is 14.7 Å². The van der Waals surface area contributed by atoms with E-state index in [2.05, 4.69) is 25.4 Å². The first-order chi connectivity index (χ1) is 16.0. The van der Waals surface area contributed by atoms with Crippen LogP contribution in [0.3, 0.4) is 0 Å². The molecule has 172 valence electrons. The summed E-state index contributed by atoms with van der Waals surface area (Å²) in [5.41, 5.74) is 2.05. The maximum Gasteiger partial charge on any atom is 0.336 e. The Balaban J connectivity index is 1.03. The molecule has 1 aliphatic carbocycles. The first-order valence-corrected chi connectivity index (χ1v) is 11.3. The van der Waals surface area contributed by atoms with Crippen molar-refractivity contribution in [1.82, 2.24) is 35.0 Å². The molecule has 1 saturated carbocycles. The Morgan fingerprint density at radius 3 is 2.70 bits per heavy atom. The zero-order valence-electron chi connectivity index (χ0n) is 18.2. The number of amides is 1. The smallest absolute Gasteiger partial charge is 0.336 e. The number of tetrazole rings is 1. The van der Waals surface area contributed by atoms with Gasteiger partial charge in [-0.05, 0) is 47.6 Å². The molecule has 33 heavy (non-hydrogen) atoms. The lowest BCUT2D eigenvalue weighted by Crippen LogP contribution is -2.33. The number of cyclic esters (lactones) is 1. The van der Waals surface area contributed by atoms with Gasteiger partial charge in [-0.25, -0.2) is 9.78 Å². The number of ether oxygens (including phenoxy) is 1. The van der Waals surface area contributed by atoms with Crippen molar-refractivity contribution < 1.29 is 19.4 Å². The Labute approximate surface area is 190 Å². The summed E-state index contributed by atoms with van der Waals surface area (Å²) in [5, 5.41) is 21.7. The molecule has 0 radical (unpaired) electrons. The number of β-amino-alcohol motifs (C(OH)–C–C–N with tert-alkyl or cyclic N) is 1. The molecule has 4 atom stereocenters. The average molecular weight is 451 g/mol. The van der Waals surface area contributed by atoms with Crippen LogP contribution in [-0.2, 0) is 14.3 Å². The Kier molecular flexibility index (Phi) is 4.77. The van der Waals surface area contributed by atoms with Gasteiger partial charge in [0.25, 0.3) is 0 Å². The first-order valence-electron chi connectivity index (χ1n) is 11.3. The fourth-order valence-corrected chi connectivity index (χ4v) is 5.83. The van der Waals surface area contributed by atoms with E-state index in [1.165, 1.54) is 11.0 Å². The second kappa shape index (κ2) is 7.70. The third-order valence-corrected chi connectivity index (χ3v) is 7.62. The van der Waals surface area contributed by atoms with Crippen LogP contribution in [-0.4, -0.2) is 84.8 Å². The number of aromatic nitrogens is 5. The van der Waals surface area contributed by atoms with Crippen molar-refractivity contribution in [2.75, 3.05) is 32.8 Å². The monoisotopic (exact) mass is 451 g/mol. The number of hydrogen-bond donors (Lipinski definition) is 1. The van der Waals surface area contributed by atoms with Gasteiger partial charge >= 0.3 is 5.97 Å². The number of carbonyl (C=O) groups excluding carboxylic acids is 2. The van der Waals surface area contributed by atoms with Crippen LogP contribution in [0.5, 0.6) is 0 Å². The SMILES string of the molecule is CC1=C(N2CCC(C3C4CN(C[C@H](O)c5ccc(-n6cnnn6)nc5)CC43)C2=O)COC1=O. The molecule has 6 rings (SSSR count). The molecule has 5 heterocycles. The van der Waals surface area contributed by atoms with Gasteiger partial charge in [0.15, 0.2) is 5.82 Å². The van der Waals surface area contributed by atoms with E-state index >= 15 is 0 Å². The first kappa shape index (κ1) is 20.4. The van der Waals surface area contributed by atoms with E-state index in [0.29, 0.717) is 42.2 Å². The fraction of sp³-hybridized carbons (Fsp3) is 0.545. The third kappa shape index (κ3) is 3.42. The molecule has 3 aliphatic heterocycles. The number of aliphatic hydroxyl groups excluding tert-OH is 1. The van der Waals surface area contributed by atoms with Crippen molar-refractivity contribution in [2.45, 2.75) is 19.4 Å². The summed E-state index contributed by atoms with van der Waals surface area (Å²) in [7, 11) is 0. The van der Waals surface area contributed by atoms with Gasteiger partial charge in [0.05, 0.1) is 17.4 Å². The molecular formula is C22H25N7O4. The molecule has 1 N–H and O–H groups in total. The highest BCUT2D eigenvalue weighted by molar-refractivity contribution is 5.93. The molecule has 2 aromatic rings. The van der Waals surface area contributed by atoms with Crippen LogP contribution in [0.2, 0.25) is 0 Å². The molecule has 2 aromatic heterocycles. The molecule has 11 heteroatoms. The molecular weight excluding hydrogens is 426 g/mol. The van der Waals surface area contributed by atoms with Gasteiger partial charge in [0, 0.05) is 43.9 Å². The number of pyridine rings is 1. The maximum atomic E-state index is 13.1. The highest BCUT2D eigenvalue weighted by Gasteiger charge is 2.61. The molecule has 4 aliphatic rings. The normalized spacial score (nSPS) is 30.2. The summed E-state index contributed by atoms with van der Waals surface area (Å²) in [5.74, 6) is 1.86. The van der Waals surface area contributed by atoms with Gasteiger partial charge in [-0.3, -0.25) is 9.69 Å². The van der Waals surface area contributed by atoms with Gasteiger partial charge in [0.2, 0.25) is 5.91 Å².